The van der Waals surface area contributed by atoms with Crippen LogP contribution in [0.15, 0.2) is 42.5 Å². The maximum atomic E-state index is 14.2. The molecule has 0 aliphatic rings. The van der Waals surface area contributed by atoms with Crippen LogP contribution in [0, 0.1) is 5.82 Å². The van der Waals surface area contributed by atoms with Crippen molar-refractivity contribution >= 4 is 33.3 Å². The minimum absolute atomic E-state index is 0.0439. The molecule has 24 heavy (non-hydrogen) atoms. The summed E-state index contributed by atoms with van der Waals surface area (Å²) in [5.41, 5.74) is 0.397. The van der Waals surface area contributed by atoms with E-state index in [2.05, 4.69) is 4.74 Å². The van der Waals surface area contributed by atoms with Gasteiger partial charge in [0, 0.05) is 5.56 Å². The van der Waals surface area contributed by atoms with Gasteiger partial charge in [0.05, 0.1) is 36.2 Å². The van der Waals surface area contributed by atoms with E-state index in [1.54, 1.807) is 18.2 Å². The highest BCUT2D eigenvalue weighted by Gasteiger charge is 2.22. The number of methoxy groups -OCH3 is 1. The summed E-state index contributed by atoms with van der Waals surface area (Å²) in [5.74, 6) is -1.38. The molecule has 5 nitrogen and oxygen atoms in total. The third kappa shape index (κ3) is 4.04. The molecular weight excluding hydrogens is 357 g/mol. The summed E-state index contributed by atoms with van der Waals surface area (Å²) in [6, 6.07) is 10.1. The summed E-state index contributed by atoms with van der Waals surface area (Å²) in [6.45, 7) is -0.254. The first-order valence-electron chi connectivity index (χ1n) is 6.83. The first-order valence-corrected chi connectivity index (χ1v) is 9.05. The third-order valence-electron chi connectivity index (χ3n) is 3.31. The van der Waals surface area contributed by atoms with Gasteiger partial charge in [0.1, 0.15) is 5.82 Å². The molecule has 0 bridgehead atoms. The lowest BCUT2D eigenvalue weighted by Gasteiger charge is -2.23. The number of hydrogen-bond donors (Lipinski definition) is 0. The molecule has 0 amide bonds. The van der Waals surface area contributed by atoms with E-state index in [0.717, 1.165) is 16.6 Å². The number of hydrogen-bond acceptors (Lipinski definition) is 4. The van der Waals surface area contributed by atoms with Crippen LogP contribution in [-0.2, 0) is 21.3 Å². The number of ether oxygens (including phenoxy) is 1. The van der Waals surface area contributed by atoms with Gasteiger partial charge in [0.15, 0.2) is 0 Å². The summed E-state index contributed by atoms with van der Waals surface area (Å²) in [4.78, 5) is 11.4. The maximum Gasteiger partial charge on any atom is 0.337 e. The fourth-order valence-electron chi connectivity index (χ4n) is 2.11. The molecule has 0 saturated heterocycles. The number of anilines is 1. The van der Waals surface area contributed by atoms with Gasteiger partial charge in [-0.1, -0.05) is 29.8 Å². The molecule has 0 radical (unpaired) electrons. The molecule has 0 N–H and O–H groups in total. The Morgan fingerprint density at radius 2 is 1.92 bits per heavy atom. The Hall–Kier alpha value is -2.12. The molecule has 0 saturated carbocycles. The van der Waals surface area contributed by atoms with Crippen molar-refractivity contribution in [1.82, 2.24) is 0 Å². The number of para-hydroxylation sites is 1. The molecule has 0 spiro atoms. The van der Waals surface area contributed by atoms with E-state index in [4.69, 9.17) is 11.6 Å². The summed E-state index contributed by atoms with van der Waals surface area (Å²) >= 11 is 6.06. The van der Waals surface area contributed by atoms with Gasteiger partial charge in [-0.15, -0.1) is 0 Å². The van der Waals surface area contributed by atoms with Gasteiger partial charge in [-0.3, -0.25) is 4.31 Å². The standard InChI is InChI=1S/C16H15ClFNO4S/c1-23-16(20)11-7-8-12(14(18)9-11)10-19(24(2,21)22)15-6-4-3-5-13(15)17/h3-9H,10H2,1-2H3. The van der Waals surface area contributed by atoms with Crippen LogP contribution in [0.5, 0.6) is 0 Å². The highest BCUT2D eigenvalue weighted by Crippen LogP contribution is 2.29. The van der Waals surface area contributed by atoms with E-state index in [1.165, 1.54) is 25.3 Å². The highest BCUT2D eigenvalue weighted by molar-refractivity contribution is 7.92. The normalized spacial score (nSPS) is 11.2. The molecule has 0 atom stereocenters. The number of benzene rings is 2. The van der Waals surface area contributed by atoms with Crippen molar-refractivity contribution in [2.45, 2.75) is 6.54 Å². The Morgan fingerprint density at radius 3 is 2.46 bits per heavy atom. The van der Waals surface area contributed by atoms with Crippen LogP contribution in [0.25, 0.3) is 0 Å². The molecule has 0 aliphatic heterocycles. The fraction of sp³-hybridized carbons (Fsp3) is 0.188. The van der Waals surface area contributed by atoms with Gasteiger partial charge in [-0.05, 0) is 24.3 Å². The van der Waals surface area contributed by atoms with Crippen LogP contribution in [0.4, 0.5) is 10.1 Å². The lowest BCUT2D eigenvalue weighted by atomic mass is 10.1. The molecule has 0 unspecified atom stereocenters. The molecular formula is C16H15ClFNO4S. The molecule has 2 aromatic rings. The third-order valence-corrected chi connectivity index (χ3v) is 4.76. The average molecular weight is 372 g/mol. The molecule has 2 rings (SSSR count). The van der Waals surface area contributed by atoms with Crippen molar-refractivity contribution in [3.63, 3.8) is 0 Å². The van der Waals surface area contributed by atoms with Crippen LogP contribution in [-0.4, -0.2) is 27.8 Å². The van der Waals surface area contributed by atoms with Gasteiger partial charge in [0.25, 0.3) is 0 Å². The van der Waals surface area contributed by atoms with Crippen molar-refractivity contribution in [3.05, 3.63) is 64.4 Å². The van der Waals surface area contributed by atoms with Gasteiger partial charge in [-0.25, -0.2) is 17.6 Å². The first-order chi connectivity index (χ1) is 11.2. The molecule has 0 heterocycles. The van der Waals surface area contributed by atoms with Crippen LogP contribution < -0.4 is 4.31 Å². The van der Waals surface area contributed by atoms with Crippen LogP contribution in [0.2, 0.25) is 5.02 Å². The smallest absolute Gasteiger partial charge is 0.337 e. The average Bonchev–Trinajstić information content (AvgIpc) is 2.52. The Kier molecular flexibility index (Phi) is 5.46. The van der Waals surface area contributed by atoms with Gasteiger partial charge in [-0.2, -0.15) is 0 Å². The van der Waals surface area contributed by atoms with Crippen molar-refractivity contribution in [3.8, 4) is 0 Å². The Labute approximate surface area is 144 Å². The monoisotopic (exact) mass is 371 g/mol. The van der Waals surface area contributed by atoms with Crippen LogP contribution in [0.3, 0.4) is 0 Å². The highest BCUT2D eigenvalue weighted by atomic mass is 35.5. The number of carbonyl (C=O) groups excluding carboxylic acids is 1. The SMILES string of the molecule is COC(=O)c1ccc(CN(c2ccccc2Cl)S(C)(=O)=O)c(F)c1. The molecule has 8 heteroatoms. The molecule has 0 aromatic heterocycles. The zero-order valence-corrected chi connectivity index (χ0v) is 14.6. The van der Waals surface area contributed by atoms with Crippen LogP contribution >= 0.6 is 11.6 Å². The van der Waals surface area contributed by atoms with E-state index in [0.29, 0.717) is 0 Å². The summed E-state index contributed by atoms with van der Waals surface area (Å²) in [6.07, 6.45) is 1.01. The Bertz CT molecular complexity index is 870. The second-order valence-corrected chi connectivity index (χ2v) is 7.33. The molecule has 128 valence electrons. The van der Waals surface area contributed by atoms with E-state index in [9.17, 15) is 17.6 Å². The largest absolute Gasteiger partial charge is 0.465 e. The zero-order chi connectivity index (χ0) is 17.9. The van der Waals surface area contributed by atoms with Gasteiger partial charge < -0.3 is 4.74 Å². The van der Waals surface area contributed by atoms with E-state index >= 15 is 0 Å². The number of carbonyl (C=O) groups is 1. The lowest BCUT2D eigenvalue weighted by Crippen LogP contribution is -2.30. The minimum Gasteiger partial charge on any atom is -0.465 e. The molecule has 2 aromatic carbocycles. The topological polar surface area (TPSA) is 63.7 Å². The van der Waals surface area contributed by atoms with Crippen molar-refractivity contribution in [2.75, 3.05) is 17.7 Å². The van der Waals surface area contributed by atoms with E-state index < -0.39 is 21.8 Å². The van der Waals surface area contributed by atoms with Crippen molar-refractivity contribution < 1.29 is 22.3 Å². The summed E-state index contributed by atoms with van der Waals surface area (Å²) < 4.78 is 44.0. The maximum absolute atomic E-state index is 14.2. The molecule has 0 fully saturated rings. The van der Waals surface area contributed by atoms with Crippen LogP contribution in [0.1, 0.15) is 15.9 Å². The zero-order valence-electron chi connectivity index (χ0n) is 13.0. The number of esters is 1. The first kappa shape index (κ1) is 18.2. The summed E-state index contributed by atoms with van der Waals surface area (Å²) in [7, 11) is -2.50. The Balaban J connectivity index is 2.42. The van der Waals surface area contributed by atoms with Crippen molar-refractivity contribution in [2.24, 2.45) is 0 Å². The van der Waals surface area contributed by atoms with E-state index in [-0.39, 0.29) is 28.4 Å². The summed E-state index contributed by atoms with van der Waals surface area (Å²) in [5, 5.41) is 0.231. The number of sulfonamides is 1. The lowest BCUT2D eigenvalue weighted by molar-refractivity contribution is 0.0600. The number of nitrogens with zero attached hydrogens (tertiary/aromatic N) is 1. The number of rotatable bonds is 5. The number of halogens is 2. The second-order valence-electron chi connectivity index (χ2n) is 5.02. The minimum atomic E-state index is -3.70. The molecule has 0 aliphatic carbocycles. The van der Waals surface area contributed by atoms with E-state index in [1.807, 2.05) is 0 Å². The van der Waals surface area contributed by atoms with Gasteiger partial charge >= 0.3 is 5.97 Å². The predicted octanol–water partition coefficient (Wildman–Crippen LogP) is 3.23. The quantitative estimate of drug-likeness (QED) is 0.757. The van der Waals surface area contributed by atoms with Crippen molar-refractivity contribution in [1.29, 1.82) is 0 Å². The second kappa shape index (κ2) is 7.19. The Morgan fingerprint density at radius 1 is 1.25 bits per heavy atom. The predicted molar refractivity (Wildman–Crippen MR) is 90.2 cm³/mol. The van der Waals surface area contributed by atoms with Gasteiger partial charge in [0.2, 0.25) is 10.0 Å². The fourth-order valence-corrected chi connectivity index (χ4v) is 3.29.